The van der Waals surface area contributed by atoms with Crippen molar-refractivity contribution in [2.45, 2.75) is 13.3 Å². The second-order valence-corrected chi connectivity index (χ2v) is 6.85. The zero-order valence-corrected chi connectivity index (χ0v) is 16.3. The highest BCUT2D eigenvalue weighted by molar-refractivity contribution is 5.80. The van der Waals surface area contributed by atoms with Gasteiger partial charge >= 0.3 is 0 Å². The van der Waals surface area contributed by atoms with E-state index in [0.29, 0.717) is 6.54 Å². The average Bonchev–Trinajstić information content (AvgIpc) is 3.17. The summed E-state index contributed by atoms with van der Waals surface area (Å²) < 4.78 is 0. The number of imidazole rings is 1. The number of nitrogens with zero attached hydrogens (tertiary/aromatic N) is 5. The number of benzene rings is 1. The minimum absolute atomic E-state index is 0.711. The third-order valence-corrected chi connectivity index (χ3v) is 4.94. The predicted octanol–water partition coefficient (Wildman–Crippen LogP) is 2.29. The largest absolute Gasteiger partial charge is 0.357 e. The number of H-pyrrole nitrogens is 1. The van der Waals surface area contributed by atoms with Crippen molar-refractivity contribution < 1.29 is 0 Å². The Labute approximate surface area is 165 Å². The summed E-state index contributed by atoms with van der Waals surface area (Å²) in [6, 6.07) is 14.2. The van der Waals surface area contributed by atoms with Crippen molar-refractivity contribution in [2.24, 2.45) is 4.99 Å². The Bertz CT molecular complexity index is 878. The Hall–Kier alpha value is -3.09. The Morgan fingerprint density at radius 3 is 2.68 bits per heavy atom. The molecule has 7 heteroatoms. The lowest BCUT2D eigenvalue weighted by atomic mass is 10.3. The molecule has 3 heterocycles. The van der Waals surface area contributed by atoms with E-state index in [1.165, 1.54) is 0 Å². The zero-order chi connectivity index (χ0) is 19.2. The van der Waals surface area contributed by atoms with Crippen molar-refractivity contribution in [3.05, 3.63) is 54.5 Å². The number of hydrogen-bond acceptors (Lipinski definition) is 4. The number of anilines is 1. The molecule has 2 aromatic heterocycles. The maximum absolute atomic E-state index is 4.84. The number of fused-ring (bicyclic) bond motifs is 1. The molecule has 1 aromatic carbocycles. The van der Waals surface area contributed by atoms with Crippen LogP contribution in [0.5, 0.6) is 0 Å². The van der Waals surface area contributed by atoms with Crippen LogP contribution in [-0.2, 0) is 6.42 Å². The van der Waals surface area contributed by atoms with Crippen LogP contribution in [0.3, 0.4) is 0 Å². The Morgan fingerprint density at radius 2 is 1.93 bits per heavy atom. The molecule has 4 rings (SSSR count). The number of guanidine groups is 1. The lowest BCUT2D eigenvalue weighted by molar-refractivity contribution is 0.371. The van der Waals surface area contributed by atoms with Crippen molar-refractivity contribution in [3.63, 3.8) is 0 Å². The van der Waals surface area contributed by atoms with E-state index >= 15 is 0 Å². The average molecular weight is 377 g/mol. The fourth-order valence-electron chi connectivity index (χ4n) is 3.51. The van der Waals surface area contributed by atoms with Gasteiger partial charge in [-0.15, -0.1) is 0 Å². The van der Waals surface area contributed by atoms with E-state index in [0.717, 1.165) is 67.8 Å². The molecule has 1 saturated heterocycles. The summed E-state index contributed by atoms with van der Waals surface area (Å²) in [7, 11) is 0. The quantitative estimate of drug-likeness (QED) is 0.527. The third kappa shape index (κ3) is 4.24. The number of aromatic amines is 1. The second kappa shape index (κ2) is 8.73. The number of rotatable bonds is 5. The van der Waals surface area contributed by atoms with Crippen molar-refractivity contribution in [2.75, 3.05) is 44.2 Å². The molecule has 0 unspecified atom stereocenters. The van der Waals surface area contributed by atoms with E-state index < -0.39 is 0 Å². The van der Waals surface area contributed by atoms with Gasteiger partial charge in [-0.25, -0.2) is 9.97 Å². The van der Waals surface area contributed by atoms with Gasteiger partial charge in [-0.05, 0) is 31.2 Å². The third-order valence-electron chi connectivity index (χ3n) is 4.94. The van der Waals surface area contributed by atoms with Gasteiger partial charge in [0.1, 0.15) is 11.6 Å². The minimum Gasteiger partial charge on any atom is -0.357 e. The lowest BCUT2D eigenvalue weighted by Crippen LogP contribution is -2.52. The number of aliphatic imine (C=N–C) groups is 1. The number of pyridine rings is 1. The number of para-hydroxylation sites is 2. The van der Waals surface area contributed by atoms with Gasteiger partial charge in [0.2, 0.25) is 0 Å². The lowest BCUT2D eigenvalue weighted by Gasteiger charge is -2.37. The molecular formula is C21H27N7. The molecule has 0 saturated carbocycles. The van der Waals surface area contributed by atoms with Gasteiger partial charge in [0, 0.05) is 51.9 Å². The van der Waals surface area contributed by atoms with Crippen LogP contribution in [0.2, 0.25) is 0 Å². The smallest absolute Gasteiger partial charge is 0.194 e. The Balaban J connectivity index is 1.35. The molecule has 1 aliphatic rings. The summed E-state index contributed by atoms with van der Waals surface area (Å²) in [4.78, 5) is 22.0. The highest BCUT2D eigenvalue weighted by atomic mass is 15.4. The maximum atomic E-state index is 4.84. The molecule has 0 aliphatic carbocycles. The summed E-state index contributed by atoms with van der Waals surface area (Å²) in [5, 5.41) is 3.43. The fraction of sp³-hybridized carbons (Fsp3) is 0.381. The van der Waals surface area contributed by atoms with Crippen LogP contribution in [0, 0.1) is 0 Å². The van der Waals surface area contributed by atoms with Gasteiger partial charge in [0.15, 0.2) is 5.96 Å². The topological polar surface area (TPSA) is 72.4 Å². The zero-order valence-electron chi connectivity index (χ0n) is 16.3. The first kappa shape index (κ1) is 18.3. The molecule has 146 valence electrons. The molecule has 0 radical (unpaired) electrons. The summed E-state index contributed by atoms with van der Waals surface area (Å²) >= 11 is 0. The molecule has 3 aromatic rings. The van der Waals surface area contributed by atoms with Crippen LogP contribution in [0.15, 0.2) is 53.7 Å². The molecular weight excluding hydrogens is 350 g/mol. The highest BCUT2D eigenvalue weighted by Gasteiger charge is 2.20. The minimum atomic E-state index is 0.711. The van der Waals surface area contributed by atoms with Crippen molar-refractivity contribution >= 4 is 22.8 Å². The fourth-order valence-corrected chi connectivity index (χ4v) is 3.51. The molecule has 2 N–H and O–H groups in total. The van der Waals surface area contributed by atoms with Crippen molar-refractivity contribution in [3.8, 4) is 0 Å². The normalized spacial score (nSPS) is 15.2. The number of piperazine rings is 1. The molecule has 7 nitrogen and oxygen atoms in total. The monoisotopic (exact) mass is 377 g/mol. The molecule has 28 heavy (non-hydrogen) atoms. The van der Waals surface area contributed by atoms with Crippen molar-refractivity contribution in [1.82, 2.24) is 25.2 Å². The number of hydrogen-bond donors (Lipinski definition) is 2. The Kier molecular flexibility index (Phi) is 5.70. The summed E-state index contributed by atoms with van der Waals surface area (Å²) in [5.41, 5.74) is 2.10. The second-order valence-electron chi connectivity index (χ2n) is 6.85. The van der Waals surface area contributed by atoms with Crippen LogP contribution in [0.4, 0.5) is 5.82 Å². The molecule has 0 atom stereocenters. The first-order valence-corrected chi connectivity index (χ1v) is 9.96. The van der Waals surface area contributed by atoms with E-state index in [1.807, 2.05) is 36.5 Å². The Morgan fingerprint density at radius 1 is 1.11 bits per heavy atom. The summed E-state index contributed by atoms with van der Waals surface area (Å²) in [6.07, 6.45) is 2.66. The van der Waals surface area contributed by atoms with Crippen LogP contribution in [-0.4, -0.2) is 65.1 Å². The van der Waals surface area contributed by atoms with Crippen molar-refractivity contribution in [1.29, 1.82) is 0 Å². The molecule has 1 fully saturated rings. The van der Waals surface area contributed by atoms with Crippen LogP contribution in [0.1, 0.15) is 12.7 Å². The number of nitrogens with one attached hydrogen (secondary N) is 2. The predicted molar refractivity (Wildman–Crippen MR) is 114 cm³/mol. The van der Waals surface area contributed by atoms with E-state index in [9.17, 15) is 0 Å². The van der Waals surface area contributed by atoms with Crippen LogP contribution in [0.25, 0.3) is 11.0 Å². The molecule has 0 spiro atoms. The van der Waals surface area contributed by atoms with Gasteiger partial charge in [0.05, 0.1) is 11.0 Å². The highest BCUT2D eigenvalue weighted by Crippen LogP contribution is 2.13. The van der Waals surface area contributed by atoms with Gasteiger partial charge in [0.25, 0.3) is 0 Å². The standard InChI is InChI=1S/C21H27N7/c1-2-22-21(24-12-10-19-25-17-7-3-4-8-18(17)26-19)28-15-13-27(14-16-28)20-9-5-6-11-23-20/h3-9,11H,2,10,12-16H2,1H3,(H,22,24)(H,25,26). The first-order valence-electron chi connectivity index (χ1n) is 9.96. The van der Waals surface area contributed by atoms with Gasteiger partial charge in [-0.3, -0.25) is 4.99 Å². The molecule has 0 amide bonds. The van der Waals surface area contributed by atoms with Crippen LogP contribution >= 0.6 is 0 Å². The van der Waals surface area contributed by atoms with E-state index in [1.54, 1.807) is 0 Å². The summed E-state index contributed by atoms with van der Waals surface area (Å²) in [5.74, 6) is 3.02. The number of aromatic nitrogens is 3. The first-order chi connectivity index (χ1) is 13.8. The van der Waals surface area contributed by atoms with E-state index in [2.05, 4.69) is 49.1 Å². The molecule has 0 bridgehead atoms. The van der Waals surface area contributed by atoms with Gasteiger partial charge < -0.3 is 20.1 Å². The summed E-state index contributed by atoms with van der Waals surface area (Å²) in [6.45, 7) is 7.46. The van der Waals surface area contributed by atoms with E-state index in [-0.39, 0.29) is 0 Å². The van der Waals surface area contributed by atoms with E-state index in [4.69, 9.17) is 4.99 Å². The SMILES string of the molecule is CCNC(=NCCc1nc2ccccc2[nH]1)N1CCN(c2ccccn2)CC1. The van der Waals surface area contributed by atoms with Gasteiger partial charge in [-0.2, -0.15) is 0 Å². The molecule has 1 aliphatic heterocycles. The van der Waals surface area contributed by atoms with Crippen LogP contribution < -0.4 is 10.2 Å². The van der Waals surface area contributed by atoms with Gasteiger partial charge in [-0.1, -0.05) is 18.2 Å². The maximum Gasteiger partial charge on any atom is 0.194 e.